The number of nitrogens with zero attached hydrogens (tertiary/aromatic N) is 4. The Morgan fingerprint density at radius 1 is 1.15 bits per heavy atom. The van der Waals surface area contributed by atoms with Gasteiger partial charge in [-0.05, 0) is 53.2 Å². The molecule has 178 valence electrons. The van der Waals surface area contributed by atoms with Gasteiger partial charge in [-0.3, -0.25) is 8.98 Å². The average molecular weight is 521 g/mol. The van der Waals surface area contributed by atoms with E-state index in [1.54, 1.807) is 25.1 Å². The molecule has 0 aliphatic rings. The van der Waals surface area contributed by atoms with Crippen LogP contribution in [0, 0.1) is 0 Å². The molecule has 0 N–H and O–H groups in total. The van der Waals surface area contributed by atoms with Crippen molar-refractivity contribution in [2.45, 2.75) is 4.34 Å². The molecule has 0 fully saturated rings. The molecule has 2 aromatic carbocycles. The van der Waals surface area contributed by atoms with Crippen molar-refractivity contribution >= 4 is 50.1 Å². The van der Waals surface area contributed by atoms with E-state index in [0.717, 1.165) is 28.4 Å². The summed E-state index contributed by atoms with van der Waals surface area (Å²) in [5, 5.41) is 4.29. The second-order valence-electron chi connectivity index (χ2n) is 6.38. The lowest BCUT2D eigenvalue weighted by Gasteiger charge is -1.99. The first kappa shape index (κ1) is 25.5. The zero-order valence-electron chi connectivity index (χ0n) is 18.3. The predicted molar refractivity (Wildman–Crippen MR) is 130 cm³/mol. The number of hydrogen-bond acceptors (Lipinski definition) is 10. The van der Waals surface area contributed by atoms with Crippen LogP contribution in [0.25, 0.3) is 16.0 Å². The van der Waals surface area contributed by atoms with Gasteiger partial charge < -0.3 is 9.29 Å². The molecular weight excluding hydrogens is 500 g/mol. The molecule has 34 heavy (non-hydrogen) atoms. The molecular formula is C21H20N4O6S3. The summed E-state index contributed by atoms with van der Waals surface area (Å²) < 4.78 is 41.0. The predicted octanol–water partition coefficient (Wildman–Crippen LogP) is 2.44. The molecule has 0 aliphatic heterocycles. The van der Waals surface area contributed by atoms with E-state index >= 15 is 0 Å². The number of aromatic nitrogens is 3. The molecule has 10 nitrogen and oxygen atoms in total. The Kier molecular flexibility index (Phi) is 8.52. The van der Waals surface area contributed by atoms with Crippen molar-refractivity contribution in [1.82, 2.24) is 9.66 Å². The van der Waals surface area contributed by atoms with Crippen LogP contribution in [0.2, 0.25) is 0 Å². The Balaban J connectivity index is 0.000000481. The molecule has 0 unspecified atom stereocenters. The third kappa shape index (κ3) is 6.27. The summed E-state index contributed by atoms with van der Waals surface area (Å²) >= 11 is 3.01. The van der Waals surface area contributed by atoms with E-state index in [1.165, 1.54) is 22.3 Å². The van der Waals surface area contributed by atoms with Crippen LogP contribution in [0.3, 0.4) is 0 Å². The monoisotopic (exact) mass is 520 g/mol. The first-order valence-corrected chi connectivity index (χ1v) is 12.9. The quantitative estimate of drug-likeness (QED) is 0.125. The zero-order chi connectivity index (χ0) is 24.7. The Labute approximate surface area is 204 Å². The van der Waals surface area contributed by atoms with Crippen LogP contribution < -0.4 is 14.9 Å². The van der Waals surface area contributed by atoms with Gasteiger partial charge in [-0.25, -0.2) is 8.42 Å². The lowest BCUT2D eigenvalue weighted by atomic mass is 10.2. The number of rotatable bonds is 6. The van der Waals surface area contributed by atoms with Crippen molar-refractivity contribution in [3.8, 4) is 11.4 Å². The topological polar surface area (TPSA) is 127 Å². The van der Waals surface area contributed by atoms with Gasteiger partial charge in [0.1, 0.15) is 11.4 Å². The first-order valence-electron chi connectivity index (χ1n) is 9.53. The number of fused-ring (bicyclic) bond motifs is 1. The SMILES string of the molecule is COS(=O)(=O)[O-].COc1ccc(/C=N/n2cnc3c(sc(SC)[n+]3-c3ccccc3)c2=O)cc1. The summed E-state index contributed by atoms with van der Waals surface area (Å²) in [7, 11) is -1.98. The van der Waals surface area contributed by atoms with Crippen molar-refractivity contribution in [3.05, 3.63) is 76.8 Å². The maximum atomic E-state index is 12.9. The lowest BCUT2D eigenvalue weighted by Crippen LogP contribution is -2.33. The second kappa shape index (κ2) is 11.4. The Hall–Kier alpha value is -3.10. The molecule has 13 heteroatoms. The minimum absolute atomic E-state index is 0.190. The van der Waals surface area contributed by atoms with E-state index in [0.29, 0.717) is 10.3 Å². The summed E-state index contributed by atoms with van der Waals surface area (Å²) in [6, 6.07) is 17.3. The Morgan fingerprint density at radius 2 is 1.79 bits per heavy atom. The Morgan fingerprint density at radius 3 is 2.35 bits per heavy atom. The van der Waals surface area contributed by atoms with E-state index in [2.05, 4.69) is 14.3 Å². The molecule has 0 saturated carbocycles. The lowest BCUT2D eigenvalue weighted by molar-refractivity contribution is -0.603. The fraction of sp³-hybridized carbons (Fsp3) is 0.143. The number of thiazole rings is 1. The van der Waals surface area contributed by atoms with Gasteiger partial charge in [0.2, 0.25) is 21.1 Å². The normalized spacial score (nSPS) is 11.4. The van der Waals surface area contributed by atoms with Crippen LogP contribution in [0.1, 0.15) is 5.56 Å². The van der Waals surface area contributed by atoms with E-state index in [-0.39, 0.29) is 5.56 Å². The van der Waals surface area contributed by atoms with Gasteiger partial charge in [-0.15, -0.1) is 0 Å². The number of ether oxygens (including phenoxy) is 1. The van der Waals surface area contributed by atoms with E-state index in [4.69, 9.17) is 4.74 Å². The molecule has 4 rings (SSSR count). The van der Waals surface area contributed by atoms with Gasteiger partial charge >= 0.3 is 5.65 Å². The van der Waals surface area contributed by atoms with E-state index in [9.17, 15) is 17.8 Å². The molecule has 2 aromatic heterocycles. The minimum Gasteiger partial charge on any atom is -0.726 e. The Bertz CT molecular complexity index is 1450. The largest absolute Gasteiger partial charge is 0.726 e. The number of thioether (sulfide) groups is 1. The molecule has 0 amide bonds. The highest BCUT2D eigenvalue weighted by Crippen LogP contribution is 2.25. The minimum atomic E-state index is -4.41. The van der Waals surface area contributed by atoms with Gasteiger partial charge in [-0.1, -0.05) is 41.3 Å². The van der Waals surface area contributed by atoms with Crippen LogP contribution >= 0.6 is 23.1 Å². The molecule has 0 spiro atoms. The third-order valence-electron chi connectivity index (χ3n) is 4.32. The first-order chi connectivity index (χ1) is 16.3. The highest BCUT2D eigenvalue weighted by Gasteiger charge is 2.24. The summed E-state index contributed by atoms with van der Waals surface area (Å²) in [4.78, 5) is 17.5. The molecule has 0 bridgehead atoms. The van der Waals surface area contributed by atoms with Crippen LogP contribution in [0.5, 0.6) is 5.75 Å². The highest BCUT2D eigenvalue weighted by atomic mass is 32.3. The molecule has 0 radical (unpaired) electrons. The second-order valence-corrected chi connectivity index (χ2v) is 9.58. The molecule has 2 heterocycles. The number of para-hydroxylation sites is 1. The van der Waals surface area contributed by atoms with Gasteiger partial charge in [0.25, 0.3) is 5.56 Å². The van der Waals surface area contributed by atoms with Gasteiger partial charge in [0, 0.05) is 0 Å². The zero-order valence-corrected chi connectivity index (χ0v) is 20.8. The van der Waals surface area contributed by atoms with Crippen molar-refractivity contribution < 1.29 is 26.5 Å². The molecule has 0 saturated heterocycles. The van der Waals surface area contributed by atoms with Crippen molar-refractivity contribution in [3.63, 3.8) is 0 Å². The number of hydrogen-bond donors (Lipinski definition) is 0. The summed E-state index contributed by atoms with van der Waals surface area (Å²) in [6.45, 7) is 0. The highest BCUT2D eigenvalue weighted by molar-refractivity contribution is 8.00. The molecule has 0 aliphatic carbocycles. The maximum Gasteiger partial charge on any atom is 0.354 e. The smallest absolute Gasteiger partial charge is 0.354 e. The third-order valence-corrected chi connectivity index (χ3v) is 6.93. The van der Waals surface area contributed by atoms with Gasteiger partial charge in [-0.2, -0.15) is 14.3 Å². The summed E-state index contributed by atoms with van der Waals surface area (Å²) in [6.07, 6.45) is 5.08. The fourth-order valence-corrected chi connectivity index (χ4v) is 4.56. The van der Waals surface area contributed by atoms with Gasteiger partial charge in [0.15, 0.2) is 4.70 Å². The van der Waals surface area contributed by atoms with Crippen LogP contribution in [0.15, 0.2) is 75.2 Å². The van der Waals surface area contributed by atoms with Crippen molar-refractivity contribution in [1.29, 1.82) is 0 Å². The summed E-state index contributed by atoms with van der Waals surface area (Å²) in [5.74, 6) is 0.769. The van der Waals surface area contributed by atoms with E-state index < -0.39 is 10.4 Å². The molecule has 0 atom stereocenters. The molecule has 4 aromatic rings. The fourth-order valence-electron chi connectivity index (χ4n) is 2.73. The average Bonchev–Trinajstić information content (AvgIpc) is 3.24. The van der Waals surface area contributed by atoms with Crippen LogP contribution in [-0.2, 0) is 14.6 Å². The van der Waals surface area contributed by atoms with Gasteiger partial charge in [0.05, 0.1) is 20.4 Å². The standard InChI is InChI=1S/C20H17N4O2S2.CH4O4S/c1-26-16-10-8-14(9-11-16)12-22-23-13-21-18-17(19(23)25)28-20(27-2)24(18)15-6-4-3-5-7-15;1-5-6(2,3)4/h3-13H,1-2H3;1H3,(H,2,3,4)/q+1;/p-1/b22-12+;. The van der Waals surface area contributed by atoms with Crippen molar-refractivity contribution in [2.75, 3.05) is 20.5 Å². The number of benzene rings is 2. The van der Waals surface area contributed by atoms with Crippen LogP contribution in [0.4, 0.5) is 0 Å². The summed E-state index contributed by atoms with van der Waals surface area (Å²) in [5.41, 5.74) is 2.29. The van der Waals surface area contributed by atoms with Crippen LogP contribution in [-0.4, -0.2) is 49.3 Å². The van der Waals surface area contributed by atoms with Crippen molar-refractivity contribution in [2.24, 2.45) is 5.10 Å². The van der Waals surface area contributed by atoms with E-state index in [1.807, 2.05) is 65.4 Å². The maximum absolute atomic E-state index is 12.9. The number of methoxy groups -OCH3 is 1.